The molecule has 4 aliphatic rings. The number of carboxylic acid groups (broad SMARTS) is 1. The maximum absolute atomic E-state index is 13.3. The van der Waals surface area contributed by atoms with E-state index in [-0.39, 0.29) is 41.8 Å². The van der Waals surface area contributed by atoms with Crippen LogP contribution in [0.5, 0.6) is 0 Å². The monoisotopic (exact) mass is 576 g/mol. The summed E-state index contributed by atoms with van der Waals surface area (Å²) in [6.07, 6.45) is 3.10. The third-order valence-electron chi connectivity index (χ3n) is 10.5. The third-order valence-corrected chi connectivity index (χ3v) is 10.5. The van der Waals surface area contributed by atoms with Gasteiger partial charge in [0.05, 0.1) is 18.9 Å². The highest BCUT2D eigenvalue weighted by atomic mass is 16.5. The molecular formula is C29H40N2O10. The number of ketones is 2. The molecule has 0 bridgehead atoms. The molecule has 12 heteroatoms. The summed E-state index contributed by atoms with van der Waals surface area (Å²) in [6.45, 7) is 3.26. The van der Waals surface area contributed by atoms with Gasteiger partial charge >= 0.3 is 11.9 Å². The van der Waals surface area contributed by atoms with Crippen molar-refractivity contribution < 1.29 is 48.8 Å². The molecule has 0 aromatic heterocycles. The highest BCUT2D eigenvalue weighted by Gasteiger charge is 2.68. The number of amides is 2. The molecule has 8 atom stereocenters. The molecule has 226 valence electrons. The Kier molecular flexibility index (Phi) is 8.48. The number of Topliss-reactive ketones (excluding diaryl/α,β-unsaturated/α-hetero) is 1. The second-order valence-electron chi connectivity index (χ2n) is 12.7. The molecule has 0 spiro atoms. The van der Waals surface area contributed by atoms with Crippen molar-refractivity contribution in [3.05, 3.63) is 11.6 Å². The SMILES string of the molecule is C[C@]12CCC(=O)C=C1CC[C@@H]1[C@@H]2[C@@H](O)C[C@@]2(C)[C@H]1CC[C@]2(O)C(=O)COC(=O)CCC(=O)N[C@H](CC(N)=O)C(=O)O. The van der Waals surface area contributed by atoms with Crippen LogP contribution in [-0.4, -0.2) is 75.0 Å². The number of fused-ring (bicyclic) bond motifs is 5. The molecular weight excluding hydrogens is 536 g/mol. The van der Waals surface area contributed by atoms with Crippen LogP contribution in [0.15, 0.2) is 11.6 Å². The van der Waals surface area contributed by atoms with Gasteiger partial charge in [-0.15, -0.1) is 0 Å². The largest absolute Gasteiger partial charge is 0.480 e. The summed E-state index contributed by atoms with van der Waals surface area (Å²) in [5.41, 5.74) is 3.05. The molecule has 0 radical (unpaired) electrons. The maximum Gasteiger partial charge on any atom is 0.326 e. The van der Waals surface area contributed by atoms with E-state index in [0.717, 1.165) is 18.4 Å². The first-order valence-corrected chi connectivity index (χ1v) is 14.3. The van der Waals surface area contributed by atoms with Crippen LogP contribution in [-0.2, 0) is 33.5 Å². The average Bonchev–Trinajstić information content (AvgIpc) is 3.16. The van der Waals surface area contributed by atoms with E-state index in [2.05, 4.69) is 12.2 Å². The Hall–Kier alpha value is -3.12. The summed E-state index contributed by atoms with van der Waals surface area (Å²) in [4.78, 5) is 71.8. The van der Waals surface area contributed by atoms with Crippen molar-refractivity contribution in [1.29, 1.82) is 0 Å². The highest BCUT2D eigenvalue weighted by Crippen LogP contribution is 2.67. The molecule has 0 aliphatic heterocycles. The molecule has 0 heterocycles. The number of rotatable bonds is 10. The van der Waals surface area contributed by atoms with Crippen LogP contribution in [0.2, 0.25) is 0 Å². The lowest BCUT2D eigenvalue weighted by Crippen LogP contribution is -2.62. The number of primary amides is 1. The van der Waals surface area contributed by atoms with Gasteiger partial charge in [-0.05, 0) is 67.8 Å². The van der Waals surface area contributed by atoms with E-state index in [1.165, 1.54) is 0 Å². The lowest BCUT2D eigenvalue weighted by Gasteiger charge is -2.60. The maximum atomic E-state index is 13.3. The van der Waals surface area contributed by atoms with Crippen LogP contribution in [0.3, 0.4) is 0 Å². The number of allylic oxidation sites excluding steroid dienone is 1. The predicted molar refractivity (Wildman–Crippen MR) is 142 cm³/mol. The van der Waals surface area contributed by atoms with E-state index in [9.17, 15) is 39.0 Å². The average molecular weight is 577 g/mol. The van der Waals surface area contributed by atoms with Crippen molar-refractivity contribution in [1.82, 2.24) is 5.32 Å². The summed E-state index contributed by atoms with van der Waals surface area (Å²) in [5.74, 6) is -4.62. The van der Waals surface area contributed by atoms with Crippen LogP contribution >= 0.6 is 0 Å². The van der Waals surface area contributed by atoms with Gasteiger partial charge in [0, 0.05) is 18.3 Å². The summed E-state index contributed by atoms with van der Waals surface area (Å²) in [7, 11) is 0. The molecule has 12 nitrogen and oxygen atoms in total. The molecule has 4 rings (SSSR count). The van der Waals surface area contributed by atoms with Crippen molar-refractivity contribution >= 4 is 35.3 Å². The number of aliphatic hydroxyl groups excluding tert-OH is 1. The summed E-state index contributed by atoms with van der Waals surface area (Å²) in [6, 6.07) is -1.52. The number of aliphatic carboxylic acids is 1. The topological polar surface area (TPSA) is 210 Å². The minimum Gasteiger partial charge on any atom is -0.480 e. The number of carbonyl (C=O) groups excluding carboxylic acids is 5. The lowest BCUT2D eigenvalue weighted by molar-refractivity contribution is -0.184. The Morgan fingerprint density at radius 1 is 1.12 bits per heavy atom. The van der Waals surface area contributed by atoms with Gasteiger partial charge in [0.15, 0.2) is 12.4 Å². The number of hydrogen-bond acceptors (Lipinski definition) is 9. The van der Waals surface area contributed by atoms with Gasteiger partial charge in [-0.1, -0.05) is 19.4 Å². The second kappa shape index (κ2) is 11.3. The quantitative estimate of drug-likeness (QED) is 0.228. The van der Waals surface area contributed by atoms with Crippen molar-refractivity contribution in [2.45, 2.75) is 95.8 Å². The van der Waals surface area contributed by atoms with E-state index in [4.69, 9.17) is 15.6 Å². The number of ether oxygens (including phenoxy) is 1. The van der Waals surface area contributed by atoms with Crippen LogP contribution in [0.1, 0.15) is 78.1 Å². The number of hydrogen-bond donors (Lipinski definition) is 5. The molecule has 41 heavy (non-hydrogen) atoms. The van der Waals surface area contributed by atoms with Crippen LogP contribution in [0, 0.1) is 28.6 Å². The zero-order valence-electron chi connectivity index (χ0n) is 23.5. The minimum absolute atomic E-state index is 0.0252. The number of aliphatic hydroxyl groups is 2. The van der Waals surface area contributed by atoms with E-state index in [1.54, 1.807) is 6.08 Å². The van der Waals surface area contributed by atoms with Crippen molar-refractivity contribution in [2.75, 3.05) is 6.61 Å². The molecule has 6 N–H and O–H groups in total. The van der Waals surface area contributed by atoms with Gasteiger partial charge in [-0.3, -0.25) is 24.0 Å². The van der Waals surface area contributed by atoms with Crippen molar-refractivity contribution in [3.63, 3.8) is 0 Å². The number of carboxylic acids is 1. The van der Waals surface area contributed by atoms with E-state index in [1.807, 2.05) is 6.92 Å². The zero-order chi connectivity index (χ0) is 30.3. The first kappa shape index (κ1) is 30.8. The Morgan fingerprint density at radius 3 is 2.49 bits per heavy atom. The number of nitrogens with one attached hydrogen (secondary N) is 1. The Labute approximate surface area is 238 Å². The van der Waals surface area contributed by atoms with Gasteiger partial charge in [-0.2, -0.15) is 0 Å². The minimum atomic E-state index is -1.80. The standard InChI is InChI=1S/C29H40N2O10/c1-27-9-7-16(32)11-15(27)3-4-17-18-8-10-29(40,28(18,2)13-20(33)25(17)27)21(34)14-41-24(37)6-5-23(36)31-19(26(38)39)12-22(30)35/h11,17-20,25,33,40H,3-10,12-14H2,1-2H3,(H2,30,35)(H,31,36)(H,38,39)/t17-,18-,19+,20-,25+,27-,28-,29-/m0/s1. The van der Waals surface area contributed by atoms with Crippen LogP contribution in [0.25, 0.3) is 0 Å². The number of esters is 1. The fourth-order valence-corrected chi connectivity index (χ4v) is 8.37. The summed E-state index contributed by atoms with van der Waals surface area (Å²) < 4.78 is 5.08. The van der Waals surface area contributed by atoms with Gasteiger partial charge in [0.25, 0.3) is 0 Å². The molecule has 3 saturated carbocycles. The number of carbonyl (C=O) groups is 6. The van der Waals surface area contributed by atoms with Crippen molar-refractivity contribution in [2.24, 2.45) is 34.3 Å². The molecule has 2 amide bonds. The third kappa shape index (κ3) is 5.55. The fourth-order valence-electron chi connectivity index (χ4n) is 8.37. The molecule has 3 fully saturated rings. The zero-order valence-corrected chi connectivity index (χ0v) is 23.5. The van der Waals surface area contributed by atoms with E-state index < -0.39 is 78.6 Å². The van der Waals surface area contributed by atoms with Gasteiger partial charge in [-0.25, -0.2) is 4.79 Å². The fraction of sp³-hybridized carbons (Fsp3) is 0.724. The smallest absolute Gasteiger partial charge is 0.326 e. The first-order valence-electron chi connectivity index (χ1n) is 14.3. The lowest BCUT2D eigenvalue weighted by atomic mass is 9.45. The highest BCUT2D eigenvalue weighted by molar-refractivity contribution is 5.93. The normalized spacial score (nSPS) is 36.6. The predicted octanol–water partition coefficient (Wildman–Crippen LogP) is 0.558. The molecule has 0 saturated heterocycles. The Bertz CT molecular complexity index is 1180. The van der Waals surface area contributed by atoms with Crippen molar-refractivity contribution in [3.8, 4) is 0 Å². The van der Waals surface area contributed by atoms with Crippen LogP contribution in [0.4, 0.5) is 0 Å². The Balaban J connectivity index is 1.36. The summed E-state index contributed by atoms with van der Waals surface area (Å²) in [5, 5.41) is 34.4. The van der Waals surface area contributed by atoms with E-state index >= 15 is 0 Å². The van der Waals surface area contributed by atoms with Gasteiger partial charge < -0.3 is 31.1 Å². The second-order valence-corrected chi connectivity index (χ2v) is 12.7. The molecule has 0 unspecified atom stereocenters. The van der Waals surface area contributed by atoms with Crippen LogP contribution < -0.4 is 11.1 Å². The number of nitrogens with two attached hydrogens (primary N) is 1. The van der Waals surface area contributed by atoms with E-state index in [0.29, 0.717) is 19.3 Å². The molecule has 0 aromatic carbocycles. The molecule has 4 aliphatic carbocycles. The first-order chi connectivity index (χ1) is 19.1. The van der Waals surface area contributed by atoms with Gasteiger partial charge in [0.2, 0.25) is 17.6 Å². The Morgan fingerprint density at radius 2 is 1.83 bits per heavy atom. The van der Waals surface area contributed by atoms with Gasteiger partial charge in [0.1, 0.15) is 11.6 Å². The summed E-state index contributed by atoms with van der Waals surface area (Å²) >= 11 is 0. The molecule has 0 aromatic rings.